The molecule has 2 aliphatic rings. The van der Waals surface area contributed by atoms with Gasteiger partial charge in [-0.1, -0.05) is 39.1 Å². The first kappa shape index (κ1) is 21.7. The number of anilines is 1. The number of phenols is 1. The minimum atomic E-state index is -3.85. The van der Waals surface area contributed by atoms with Gasteiger partial charge in [0.2, 0.25) is 10.0 Å². The number of rotatable bonds is 3. The molecule has 1 saturated heterocycles. The van der Waals surface area contributed by atoms with E-state index in [1.54, 1.807) is 4.90 Å². The molecule has 2 aromatic carbocycles. The van der Waals surface area contributed by atoms with Crippen molar-refractivity contribution in [1.82, 2.24) is 4.31 Å². The average Bonchev–Trinajstić information content (AvgIpc) is 2.72. The van der Waals surface area contributed by atoms with Crippen molar-refractivity contribution in [1.29, 1.82) is 0 Å². The Balaban J connectivity index is 1.54. The lowest BCUT2D eigenvalue weighted by Gasteiger charge is -2.39. The third-order valence-electron chi connectivity index (χ3n) is 5.27. The third-order valence-corrected chi connectivity index (χ3v) is 8.21. The number of carbonyl (C=O) groups is 1. The molecule has 0 radical (unpaired) electrons. The van der Waals surface area contributed by atoms with Crippen LogP contribution in [-0.2, 0) is 21.4 Å². The molecule has 7 nitrogen and oxygen atoms in total. The molecule has 1 amide bonds. The molecule has 2 aliphatic heterocycles. The zero-order chi connectivity index (χ0) is 21.6. The molecule has 160 valence electrons. The van der Waals surface area contributed by atoms with Crippen molar-refractivity contribution >= 4 is 60.9 Å². The van der Waals surface area contributed by atoms with Crippen LogP contribution >= 0.6 is 39.1 Å². The maximum atomic E-state index is 13.0. The highest BCUT2D eigenvalue weighted by molar-refractivity contribution is 9.10. The molecule has 0 aliphatic carbocycles. The summed E-state index contributed by atoms with van der Waals surface area (Å²) in [6.45, 7) is 0.650. The van der Waals surface area contributed by atoms with Crippen molar-refractivity contribution in [3.8, 4) is 5.75 Å². The summed E-state index contributed by atoms with van der Waals surface area (Å²) in [5.74, 6) is -0.357. The highest BCUT2D eigenvalue weighted by atomic mass is 79.9. The van der Waals surface area contributed by atoms with Gasteiger partial charge in [0.15, 0.2) is 5.75 Å². The molecule has 1 fully saturated rings. The molecule has 0 saturated carbocycles. The van der Waals surface area contributed by atoms with Gasteiger partial charge in [0.1, 0.15) is 6.61 Å². The van der Waals surface area contributed by atoms with Gasteiger partial charge in [-0.05, 0) is 43.2 Å². The molecule has 0 unspecified atom stereocenters. The number of hydrogen-bond donors (Lipinski definition) is 1. The molecule has 4 rings (SSSR count). The number of ether oxygens (including phenoxy) is 1. The molecule has 0 spiro atoms. The molecule has 11 heteroatoms. The average molecular weight is 536 g/mol. The Morgan fingerprint density at radius 2 is 1.73 bits per heavy atom. The molecule has 2 heterocycles. The van der Waals surface area contributed by atoms with E-state index >= 15 is 0 Å². The number of fused-ring (bicyclic) bond motifs is 1. The first-order valence-electron chi connectivity index (χ1n) is 9.11. The normalized spacial score (nSPS) is 18.2. The Bertz CT molecular complexity index is 1100. The number of hydrogen-bond acceptors (Lipinski definition) is 5. The van der Waals surface area contributed by atoms with Crippen LogP contribution in [0, 0.1) is 0 Å². The van der Waals surface area contributed by atoms with Crippen molar-refractivity contribution in [2.45, 2.75) is 30.4 Å². The van der Waals surface area contributed by atoms with Gasteiger partial charge in [0.25, 0.3) is 0 Å². The summed E-state index contributed by atoms with van der Waals surface area (Å²) in [6, 6.07) is 7.81. The van der Waals surface area contributed by atoms with Gasteiger partial charge < -0.3 is 9.84 Å². The van der Waals surface area contributed by atoms with E-state index in [1.165, 1.54) is 16.4 Å². The van der Waals surface area contributed by atoms with Crippen LogP contribution in [0.5, 0.6) is 5.75 Å². The van der Waals surface area contributed by atoms with E-state index in [0.717, 1.165) is 15.7 Å². The van der Waals surface area contributed by atoms with E-state index < -0.39 is 16.1 Å². The number of aromatic hydroxyl groups is 1. The monoisotopic (exact) mass is 534 g/mol. The molecule has 1 N–H and O–H groups in total. The number of halogens is 3. The van der Waals surface area contributed by atoms with Crippen molar-refractivity contribution in [2.24, 2.45) is 0 Å². The fraction of sp³-hybridized carbons (Fsp3) is 0.316. The Morgan fingerprint density at radius 3 is 2.37 bits per heavy atom. The topological polar surface area (TPSA) is 87.2 Å². The molecule has 2 aromatic rings. The second kappa shape index (κ2) is 8.20. The Morgan fingerprint density at radius 1 is 1.10 bits per heavy atom. The van der Waals surface area contributed by atoms with Crippen LogP contribution in [0.4, 0.5) is 10.5 Å². The molecule has 0 atom stereocenters. The van der Waals surface area contributed by atoms with E-state index in [2.05, 4.69) is 15.9 Å². The van der Waals surface area contributed by atoms with Gasteiger partial charge in [0, 0.05) is 29.2 Å². The number of amides is 1. The number of nitrogens with zero attached hydrogens (tertiary/aromatic N) is 2. The summed E-state index contributed by atoms with van der Waals surface area (Å²) < 4.78 is 33.5. The highest BCUT2D eigenvalue weighted by Gasteiger charge is 2.37. The van der Waals surface area contributed by atoms with Crippen molar-refractivity contribution in [2.75, 3.05) is 18.0 Å². The summed E-state index contributed by atoms with van der Waals surface area (Å²) in [6.07, 6.45) is 0.468. The molecular formula is C19H17BrCl2N2O5S. The summed E-state index contributed by atoms with van der Waals surface area (Å²) in [5, 5.41) is 9.42. The maximum absolute atomic E-state index is 13.0. The lowest BCUT2D eigenvalue weighted by atomic mass is 10.0. The zero-order valence-corrected chi connectivity index (χ0v) is 19.4. The fourth-order valence-corrected chi connectivity index (χ4v) is 6.29. The van der Waals surface area contributed by atoms with Crippen LogP contribution in [-0.4, -0.2) is 43.1 Å². The van der Waals surface area contributed by atoms with E-state index in [9.17, 15) is 18.3 Å². The Labute approximate surface area is 192 Å². The van der Waals surface area contributed by atoms with Gasteiger partial charge in [-0.15, -0.1) is 0 Å². The standard InChI is InChI=1S/C19H17BrCl2N2O5S/c20-12-1-2-17-11(7-12)10-29-19(26)24(17)13-3-5-23(6-4-13)30(27,28)14-8-15(21)18(25)16(22)9-14/h1-2,7-9,13,25H,3-6,10H2. The first-order valence-corrected chi connectivity index (χ1v) is 12.1. The number of sulfonamides is 1. The summed E-state index contributed by atoms with van der Waals surface area (Å²) >= 11 is 15.2. The largest absolute Gasteiger partial charge is 0.505 e. The summed E-state index contributed by atoms with van der Waals surface area (Å²) in [4.78, 5) is 14.0. The number of carbonyl (C=O) groups excluding carboxylic acids is 1. The van der Waals surface area contributed by atoms with Crippen molar-refractivity contribution in [3.63, 3.8) is 0 Å². The van der Waals surface area contributed by atoms with Crippen molar-refractivity contribution < 1.29 is 23.1 Å². The predicted octanol–water partition coefficient (Wildman–Crippen LogP) is 4.77. The van der Waals surface area contributed by atoms with E-state index in [1.807, 2.05) is 18.2 Å². The Kier molecular flexibility index (Phi) is 5.93. The number of benzene rings is 2. The van der Waals surface area contributed by atoms with Crippen LogP contribution < -0.4 is 4.90 Å². The summed E-state index contributed by atoms with van der Waals surface area (Å²) in [5.41, 5.74) is 1.68. The van der Waals surface area contributed by atoms with Crippen LogP contribution in [0.25, 0.3) is 0 Å². The number of phenolic OH excluding ortho intramolecular Hbond substituents is 1. The second-order valence-electron chi connectivity index (χ2n) is 7.07. The first-order chi connectivity index (χ1) is 14.2. The quantitative estimate of drug-likeness (QED) is 0.611. The van der Waals surface area contributed by atoms with Gasteiger partial charge in [0.05, 0.1) is 20.6 Å². The number of cyclic esters (lactones) is 1. The molecular weight excluding hydrogens is 519 g/mol. The zero-order valence-electron chi connectivity index (χ0n) is 15.5. The van der Waals surface area contributed by atoms with E-state index in [4.69, 9.17) is 27.9 Å². The molecule has 0 aromatic heterocycles. The second-order valence-corrected chi connectivity index (χ2v) is 10.7. The highest BCUT2D eigenvalue weighted by Crippen LogP contribution is 2.37. The van der Waals surface area contributed by atoms with E-state index in [-0.39, 0.29) is 46.4 Å². The number of piperidine rings is 1. The SMILES string of the molecule is O=C1OCc2cc(Br)ccc2N1C1CCN(S(=O)(=O)c2cc(Cl)c(O)c(Cl)c2)CC1. The summed E-state index contributed by atoms with van der Waals surface area (Å²) in [7, 11) is -3.85. The van der Waals surface area contributed by atoms with Crippen LogP contribution in [0.3, 0.4) is 0 Å². The van der Waals surface area contributed by atoms with E-state index in [0.29, 0.717) is 12.8 Å². The van der Waals surface area contributed by atoms with Gasteiger partial charge in [-0.25, -0.2) is 13.2 Å². The van der Waals surface area contributed by atoms with Gasteiger partial charge >= 0.3 is 6.09 Å². The van der Waals surface area contributed by atoms with Gasteiger partial charge in [-0.2, -0.15) is 4.31 Å². The van der Waals surface area contributed by atoms with Gasteiger partial charge in [-0.3, -0.25) is 4.90 Å². The molecule has 30 heavy (non-hydrogen) atoms. The lowest BCUT2D eigenvalue weighted by molar-refractivity contribution is 0.135. The lowest BCUT2D eigenvalue weighted by Crippen LogP contribution is -2.50. The minimum absolute atomic E-state index is 0.0821. The minimum Gasteiger partial charge on any atom is -0.505 e. The molecule has 0 bridgehead atoms. The van der Waals surface area contributed by atoms with Crippen LogP contribution in [0.15, 0.2) is 39.7 Å². The maximum Gasteiger partial charge on any atom is 0.414 e. The Hall–Kier alpha value is -1.52. The smallest absolute Gasteiger partial charge is 0.414 e. The predicted molar refractivity (Wildman–Crippen MR) is 117 cm³/mol. The van der Waals surface area contributed by atoms with Crippen molar-refractivity contribution in [3.05, 3.63) is 50.4 Å². The fourth-order valence-electron chi connectivity index (χ4n) is 3.74. The van der Waals surface area contributed by atoms with Crippen LogP contribution in [0.2, 0.25) is 10.0 Å². The van der Waals surface area contributed by atoms with Crippen LogP contribution in [0.1, 0.15) is 18.4 Å². The third kappa shape index (κ3) is 3.89.